The third-order valence-corrected chi connectivity index (χ3v) is 5.81. The van der Waals surface area contributed by atoms with Crippen molar-refractivity contribution in [3.8, 4) is 0 Å². The van der Waals surface area contributed by atoms with E-state index in [4.69, 9.17) is 23.2 Å². The van der Waals surface area contributed by atoms with E-state index < -0.39 is 7.14 Å². The molecule has 9 heavy (non-hydrogen) atoms. The molecule has 0 aromatic rings. The van der Waals surface area contributed by atoms with Crippen LogP contribution in [0.15, 0.2) is 0 Å². The van der Waals surface area contributed by atoms with Gasteiger partial charge < -0.3 is 4.57 Å². The molecule has 0 radical (unpaired) electrons. The summed E-state index contributed by atoms with van der Waals surface area (Å²) < 4.78 is 11.3. The number of alkyl halides is 2. The molecule has 0 aromatic carbocycles. The van der Waals surface area contributed by atoms with E-state index in [1.807, 2.05) is 6.92 Å². The first kappa shape index (κ1) is 9.81. The highest BCUT2D eigenvalue weighted by Crippen LogP contribution is 2.47. The lowest BCUT2D eigenvalue weighted by molar-refractivity contribution is 0.579. The molecule has 0 heterocycles. The Bertz CT molecular complexity index is 108. The van der Waals surface area contributed by atoms with Gasteiger partial charge in [0, 0.05) is 6.16 Å². The molecule has 0 saturated carbocycles. The lowest BCUT2D eigenvalue weighted by Crippen LogP contribution is -1.90. The van der Waals surface area contributed by atoms with Gasteiger partial charge in [0.15, 0.2) is 0 Å². The van der Waals surface area contributed by atoms with Gasteiger partial charge in [-0.15, -0.1) is 23.2 Å². The van der Waals surface area contributed by atoms with Gasteiger partial charge in [0.05, 0.1) is 11.2 Å². The zero-order valence-electron chi connectivity index (χ0n) is 5.44. The lowest BCUT2D eigenvalue weighted by Gasteiger charge is -2.08. The Balaban J connectivity index is 3.78. The van der Waals surface area contributed by atoms with Gasteiger partial charge in [0.1, 0.15) is 7.14 Å². The van der Waals surface area contributed by atoms with Crippen molar-refractivity contribution in [2.75, 3.05) is 17.4 Å². The van der Waals surface area contributed by atoms with Gasteiger partial charge in [-0.25, -0.2) is 0 Å². The predicted octanol–water partition coefficient (Wildman–Crippen LogP) is 3.15. The van der Waals surface area contributed by atoms with Crippen LogP contribution in [-0.4, -0.2) is 17.4 Å². The minimum absolute atomic E-state index is 0.227. The largest absolute Gasteiger partial charge is 0.321 e. The maximum atomic E-state index is 11.3. The molecule has 0 amide bonds. The first-order valence-corrected chi connectivity index (χ1v) is 6.20. The van der Waals surface area contributed by atoms with Crippen molar-refractivity contribution in [1.82, 2.24) is 0 Å². The molecule has 0 aliphatic rings. The van der Waals surface area contributed by atoms with Crippen LogP contribution in [0.4, 0.5) is 0 Å². The highest BCUT2D eigenvalue weighted by molar-refractivity contribution is 7.66. The van der Waals surface area contributed by atoms with Gasteiger partial charge in [-0.05, 0) is 6.42 Å². The van der Waals surface area contributed by atoms with Crippen molar-refractivity contribution in [2.24, 2.45) is 0 Å². The molecule has 0 rings (SSSR count). The van der Waals surface area contributed by atoms with Gasteiger partial charge >= 0.3 is 0 Å². The second-order valence-corrected chi connectivity index (χ2v) is 6.50. The quantitative estimate of drug-likeness (QED) is 0.490. The van der Waals surface area contributed by atoms with Gasteiger partial charge in [-0.3, -0.25) is 0 Å². The summed E-state index contributed by atoms with van der Waals surface area (Å²) in [6, 6.07) is 0. The summed E-state index contributed by atoms with van der Waals surface area (Å²) in [5.74, 6) is 0. The topological polar surface area (TPSA) is 17.1 Å². The summed E-state index contributed by atoms with van der Waals surface area (Å²) in [4.78, 5) is 0. The molecule has 0 unspecified atom stereocenters. The Labute approximate surface area is 66.1 Å². The van der Waals surface area contributed by atoms with Crippen LogP contribution in [0.25, 0.3) is 0 Å². The molecule has 0 aromatic heterocycles. The third-order valence-electron chi connectivity index (χ3n) is 1.07. The minimum Gasteiger partial charge on any atom is -0.321 e. The van der Waals surface area contributed by atoms with E-state index in [1.165, 1.54) is 0 Å². The molecule has 0 atom stereocenters. The average Bonchev–Trinajstić information content (AvgIpc) is 1.89. The lowest BCUT2D eigenvalue weighted by atomic mass is 10.6. The highest BCUT2D eigenvalue weighted by atomic mass is 35.5. The summed E-state index contributed by atoms with van der Waals surface area (Å²) >= 11 is 10.9. The Hall–Kier alpha value is 0.810. The predicted molar refractivity (Wildman–Crippen MR) is 44.2 cm³/mol. The summed E-state index contributed by atoms with van der Waals surface area (Å²) in [7, 11) is -2.15. The molecule has 0 aliphatic heterocycles. The first-order valence-electron chi connectivity index (χ1n) is 2.87. The second kappa shape index (κ2) is 4.60. The maximum absolute atomic E-state index is 11.3. The standard InChI is InChI=1S/C5H11Cl2OP/c1-2-3-9(8,4-6)5-7/h2-5H2,1H3. The molecule has 0 bridgehead atoms. The number of hydrogen-bond acceptors (Lipinski definition) is 1. The maximum Gasteiger partial charge on any atom is 0.116 e. The van der Waals surface area contributed by atoms with Crippen molar-refractivity contribution in [3.63, 3.8) is 0 Å². The summed E-state index contributed by atoms with van der Waals surface area (Å²) in [6.07, 6.45) is 1.58. The SMILES string of the molecule is CCCP(=O)(CCl)CCl. The molecule has 0 saturated heterocycles. The van der Waals surface area contributed by atoms with E-state index >= 15 is 0 Å². The van der Waals surface area contributed by atoms with Gasteiger partial charge in [0.25, 0.3) is 0 Å². The van der Waals surface area contributed by atoms with Crippen LogP contribution in [0, 0.1) is 0 Å². The fourth-order valence-corrected chi connectivity index (χ4v) is 3.16. The van der Waals surface area contributed by atoms with Crippen LogP contribution in [0.3, 0.4) is 0 Å². The van der Waals surface area contributed by atoms with Crippen molar-refractivity contribution in [1.29, 1.82) is 0 Å². The Morgan fingerprint density at radius 2 is 1.78 bits per heavy atom. The van der Waals surface area contributed by atoms with E-state index in [9.17, 15) is 4.57 Å². The molecule has 0 N–H and O–H groups in total. The van der Waals surface area contributed by atoms with Crippen LogP contribution < -0.4 is 0 Å². The van der Waals surface area contributed by atoms with Crippen molar-refractivity contribution in [3.05, 3.63) is 0 Å². The smallest absolute Gasteiger partial charge is 0.116 e. The molecular weight excluding hydrogens is 178 g/mol. The van der Waals surface area contributed by atoms with Crippen molar-refractivity contribution in [2.45, 2.75) is 13.3 Å². The zero-order chi connectivity index (χ0) is 7.33. The first-order chi connectivity index (χ1) is 4.18. The summed E-state index contributed by atoms with van der Waals surface area (Å²) in [5.41, 5.74) is 0.453. The molecule has 56 valence electrons. The van der Waals surface area contributed by atoms with E-state index in [2.05, 4.69) is 0 Å². The Kier molecular flexibility index (Phi) is 5.01. The molecule has 0 fully saturated rings. The number of rotatable bonds is 4. The Morgan fingerprint density at radius 1 is 1.33 bits per heavy atom. The normalized spacial score (nSPS) is 11.9. The van der Waals surface area contributed by atoms with Crippen LogP contribution >= 0.6 is 30.3 Å². The van der Waals surface area contributed by atoms with Crippen LogP contribution in [-0.2, 0) is 4.57 Å². The third kappa shape index (κ3) is 3.50. The highest BCUT2D eigenvalue weighted by Gasteiger charge is 2.17. The molecular formula is C5H11Cl2OP. The Morgan fingerprint density at radius 3 is 1.89 bits per heavy atom. The fourth-order valence-electron chi connectivity index (χ4n) is 0.559. The van der Waals surface area contributed by atoms with Crippen LogP contribution in [0.2, 0.25) is 0 Å². The van der Waals surface area contributed by atoms with Gasteiger partial charge in [0.2, 0.25) is 0 Å². The van der Waals surface area contributed by atoms with Gasteiger partial charge in [-0.2, -0.15) is 0 Å². The van der Waals surface area contributed by atoms with Gasteiger partial charge in [-0.1, -0.05) is 6.92 Å². The molecule has 4 heteroatoms. The van der Waals surface area contributed by atoms with Crippen molar-refractivity contribution < 1.29 is 4.57 Å². The number of hydrogen-bond donors (Lipinski definition) is 0. The zero-order valence-corrected chi connectivity index (χ0v) is 7.85. The molecule has 0 aliphatic carbocycles. The summed E-state index contributed by atoms with van der Waals surface area (Å²) in [6.45, 7) is 1.98. The minimum atomic E-state index is -2.15. The van der Waals surface area contributed by atoms with E-state index in [0.29, 0.717) is 6.16 Å². The van der Waals surface area contributed by atoms with Crippen LogP contribution in [0.1, 0.15) is 13.3 Å². The van der Waals surface area contributed by atoms with Crippen LogP contribution in [0.5, 0.6) is 0 Å². The monoisotopic (exact) mass is 188 g/mol. The molecule has 1 nitrogen and oxygen atoms in total. The average molecular weight is 189 g/mol. The van der Waals surface area contributed by atoms with Crippen molar-refractivity contribution >= 4 is 30.3 Å². The van der Waals surface area contributed by atoms with E-state index in [-0.39, 0.29) is 11.2 Å². The second-order valence-electron chi connectivity index (χ2n) is 2.02. The summed E-state index contributed by atoms with van der Waals surface area (Å²) in [5, 5.41) is 0. The number of halogens is 2. The fraction of sp³-hybridized carbons (Fsp3) is 1.00. The molecule has 0 spiro atoms. The van der Waals surface area contributed by atoms with E-state index in [0.717, 1.165) is 6.42 Å². The van der Waals surface area contributed by atoms with E-state index in [1.54, 1.807) is 0 Å².